The summed E-state index contributed by atoms with van der Waals surface area (Å²) in [6, 6.07) is 12.9. The SMILES string of the molecule is CC(C)(NC(=O)C1=C(O)[C@@H]2Oc3c(O)ccc4c3[C@@]23CCN(CC2CC2)[C@H](C4)[C@]3(O)C1)C1NC(c2ccccc2)=NO1. The fourth-order valence-corrected chi connectivity index (χ4v) is 8.13. The fourth-order valence-electron chi connectivity index (χ4n) is 8.13. The number of amidine groups is 1. The van der Waals surface area contributed by atoms with E-state index in [9.17, 15) is 20.1 Å². The molecule has 1 saturated carbocycles. The number of nitrogens with zero attached hydrogens (tertiary/aromatic N) is 2. The predicted molar refractivity (Wildman–Crippen MR) is 153 cm³/mol. The number of hydrogen-bond acceptors (Lipinski definition) is 9. The summed E-state index contributed by atoms with van der Waals surface area (Å²) in [5.74, 6) is 0.809. The van der Waals surface area contributed by atoms with Gasteiger partial charge >= 0.3 is 0 Å². The molecule has 2 fully saturated rings. The standard InChI is InChI=1S/C32H36N4O6/c1-30(2,29-33-27(35-42-29)18-6-4-3-5-7-18)34-28(39)20-15-32(40)22-14-19-10-11-21(37)25-23(19)31(32,26(41-25)24(20)38)12-13-36(22)16-17-8-9-17/h3-7,10-11,17,22,26,29,37-38,40H,8-9,12-16H2,1-2H3,(H,33,35)(H,34,39)/t22-,26+,29?,31+,32-/m1/s1. The molecule has 220 valence electrons. The number of rotatable bonds is 6. The Morgan fingerprint density at radius 2 is 1.98 bits per heavy atom. The first kappa shape index (κ1) is 25.9. The van der Waals surface area contributed by atoms with Crippen LogP contribution in [0, 0.1) is 5.92 Å². The summed E-state index contributed by atoms with van der Waals surface area (Å²) in [4.78, 5) is 22.1. The third kappa shape index (κ3) is 3.45. The Labute approximate surface area is 244 Å². The van der Waals surface area contributed by atoms with Crippen LogP contribution in [0.5, 0.6) is 11.5 Å². The van der Waals surface area contributed by atoms with E-state index in [1.165, 1.54) is 12.8 Å². The molecule has 1 spiro atoms. The summed E-state index contributed by atoms with van der Waals surface area (Å²) < 4.78 is 6.32. The van der Waals surface area contributed by atoms with Gasteiger partial charge in [0.2, 0.25) is 6.23 Å². The number of likely N-dealkylation sites (tertiary alicyclic amines) is 1. The van der Waals surface area contributed by atoms with Gasteiger partial charge in [-0.05, 0) is 63.6 Å². The van der Waals surface area contributed by atoms with E-state index in [-0.39, 0.29) is 29.5 Å². The number of carbonyl (C=O) groups excluding carboxylic acids is 1. The second-order valence-corrected chi connectivity index (χ2v) is 13.4. The van der Waals surface area contributed by atoms with Gasteiger partial charge in [-0.1, -0.05) is 41.6 Å². The largest absolute Gasteiger partial charge is 0.508 e. The molecule has 2 aromatic rings. The first-order valence-corrected chi connectivity index (χ1v) is 14.9. The van der Waals surface area contributed by atoms with Gasteiger partial charge in [0.1, 0.15) is 5.76 Å². The maximum absolute atomic E-state index is 14.0. The van der Waals surface area contributed by atoms with Crippen molar-refractivity contribution in [1.29, 1.82) is 0 Å². The van der Waals surface area contributed by atoms with Gasteiger partial charge in [-0.2, -0.15) is 0 Å². The van der Waals surface area contributed by atoms with Crippen molar-refractivity contribution in [2.24, 2.45) is 11.1 Å². The average Bonchev–Trinajstić information content (AvgIpc) is 3.48. The van der Waals surface area contributed by atoms with Crippen LogP contribution in [0.25, 0.3) is 0 Å². The molecular weight excluding hydrogens is 536 g/mol. The van der Waals surface area contributed by atoms with Crippen molar-refractivity contribution in [2.45, 2.75) is 80.9 Å². The molecule has 5 atom stereocenters. The van der Waals surface area contributed by atoms with Crippen LogP contribution in [0.3, 0.4) is 0 Å². The van der Waals surface area contributed by atoms with Crippen LogP contribution >= 0.6 is 0 Å². The van der Waals surface area contributed by atoms with Crippen LogP contribution in [0.2, 0.25) is 0 Å². The lowest BCUT2D eigenvalue weighted by Crippen LogP contribution is -2.76. The van der Waals surface area contributed by atoms with Crippen LogP contribution in [-0.2, 0) is 21.5 Å². The molecule has 42 heavy (non-hydrogen) atoms. The zero-order valence-corrected chi connectivity index (χ0v) is 23.8. The molecule has 3 aliphatic heterocycles. The third-order valence-corrected chi connectivity index (χ3v) is 10.4. The van der Waals surface area contributed by atoms with Crippen molar-refractivity contribution >= 4 is 11.7 Å². The lowest BCUT2D eigenvalue weighted by Gasteiger charge is -2.62. The van der Waals surface area contributed by atoms with Gasteiger partial charge in [0.05, 0.1) is 22.1 Å². The zero-order chi connectivity index (χ0) is 29.0. The minimum absolute atomic E-state index is 0.0163. The highest BCUT2D eigenvalue weighted by molar-refractivity contribution is 5.99. The quantitative estimate of drug-likeness (QED) is 0.357. The number of phenols is 1. The van der Waals surface area contributed by atoms with Gasteiger partial charge in [0.25, 0.3) is 5.91 Å². The van der Waals surface area contributed by atoms with E-state index >= 15 is 0 Å². The summed E-state index contributed by atoms with van der Waals surface area (Å²) in [7, 11) is 0. The molecule has 2 bridgehead atoms. The number of benzene rings is 2. The highest BCUT2D eigenvalue weighted by Gasteiger charge is 2.73. The van der Waals surface area contributed by atoms with E-state index in [4.69, 9.17) is 9.57 Å². The Balaban J connectivity index is 1.13. The number of piperidine rings is 1. The maximum Gasteiger partial charge on any atom is 0.251 e. The molecule has 10 heteroatoms. The Morgan fingerprint density at radius 1 is 1.19 bits per heavy atom. The number of carbonyl (C=O) groups is 1. The average molecular weight is 573 g/mol. The number of aliphatic hydroxyl groups is 2. The van der Waals surface area contributed by atoms with Crippen molar-refractivity contribution in [3.8, 4) is 11.5 Å². The summed E-state index contributed by atoms with van der Waals surface area (Å²) in [5, 5.41) is 45.8. The number of amides is 1. The van der Waals surface area contributed by atoms with Crippen LogP contribution in [0.15, 0.2) is 59.0 Å². The van der Waals surface area contributed by atoms with E-state index in [0.29, 0.717) is 30.3 Å². The monoisotopic (exact) mass is 572 g/mol. The maximum atomic E-state index is 14.0. The topological polar surface area (TPSA) is 136 Å². The molecule has 1 amide bonds. The number of ether oxygens (including phenoxy) is 1. The molecule has 3 heterocycles. The van der Waals surface area contributed by atoms with Gasteiger partial charge in [-0.3, -0.25) is 9.69 Å². The molecular formula is C32H36N4O6. The first-order chi connectivity index (χ1) is 20.1. The number of nitrogens with one attached hydrogen (secondary N) is 2. The number of phenolic OH excluding ortho intramolecular Hbond substituents is 1. The van der Waals surface area contributed by atoms with E-state index in [0.717, 1.165) is 29.8 Å². The van der Waals surface area contributed by atoms with Crippen molar-refractivity contribution < 1.29 is 29.7 Å². The zero-order valence-electron chi connectivity index (χ0n) is 23.8. The molecule has 2 aromatic carbocycles. The molecule has 0 radical (unpaired) electrons. The molecule has 3 aliphatic carbocycles. The summed E-state index contributed by atoms with van der Waals surface area (Å²) in [5.41, 5.74) is -0.472. The predicted octanol–water partition coefficient (Wildman–Crippen LogP) is 2.58. The molecule has 8 rings (SSSR count). The van der Waals surface area contributed by atoms with Gasteiger partial charge < -0.3 is 35.5 Å². The normalized spacial score (nSPS) is 32.8. The van der Waals surface area contributed by atoms with Crippen molar-refractivity contribution in [3.05, 3.63) is 70.5 Å². The summed E-state index contributed by atoms with van der Waals surface area (Å²) in [6.07, 6.45) is 1.89. The highest BCUT2D eigenvalue weighted by atomic mass is 16.7. The van der Waals surface area contributed by atoms with Crippen molar-refractivity contribution in [2.75, 3.05) is 13.1 Å². The van der Waals surface area contributed by atoms with Gasteiger partial charge in [0.15, 0.2) is 23.4 Å². The van der Waals surface area contributed by atoms with E-state index in [1.807, 2.05) is 50.2 Å². The molecule has 5 N–H and O–H groups in total. The molecule has 1 unspecified atom stereocenters. The smallest absolute Gasteiger partial charge is 0.251 e. The third-order valence-electron chi connectivity index (χ3n) is 10.4. The Kier molecular flexibility index (Phi) is 5.33. The lowest BCUT2D eigenvalue weighted by atomic mass is 9.49. The summed E-state index contributed by atoms with van der Waals surface area (Å²) >= 11 is 0. The highest BCUT2D eigenvalue weighted by Crippen LogP contribution is 2.66. The number of aromatic hydroxyl groups is 1. The molecule has 1 saturated heterocycles. The number of oxime groups is 1. The van der Waals surface area contributed by atoms with Crippen LogP contribution in [0.1, 0.15) is 56.2 Å². The minimum atomic E-state index is -1.37. The van der Waals surface area contributed by atoms with Gasteiger partial charge in [-0.25, -0.2) is 0 Å². The van der Waals surface area contributed by atoms with Crippen molar-refractivity contribution in [1.82, 2.24) is 15.5 Å². The van der Waals surface area contributed by atoms with Crippen LogP contribution in [0.4, 0.5) is 0 Å². The Hall–Kier alpha value is -3.76. The second-order valence-electron chi connectivity index (χ2n) is 13.4. The second kappa shape index (κ2) is 8.64. The van der Waals surface area contributed by atoms with Gasteiger partial charge in [-0.15, -0.1) is 0 Å². The van der Waals surface area contributed by atoms with Crippen LogP contribution < -0.4 is 15.4 Å². The Bertz CT molecular complexity index is 1550. The van der Waals surface area contributed by atoms with Crippen molar-refractivity contribution in [3.63, 3.8) is 0 Å². The Morgan fingerprint density at radius 3 is 2.74 bits per heavy atom. The summed E-state index contributed by atoms with van der Waals surface area (Å²) in [6.45, 7) is 5.31. The van der Waals surface area contributed by atoms with Crippen LogP contribution in [-0.4, -0.2) is 74.6 Å². The van der Waals surface area contributed by atoms with E-state index < -0.39 is 34.8 Å². The van der Waals surface area contributed by atoms with E-state index in [2.05, 4.69) is 20.7 Å². The first-order valence-electron chi connectivity index (χ1n) is 14.9. The molecule has 6 aliphatic rings. The molecule has 0 aromatic heterocycles. The van der Waals surface area contributed by atoms with E-state index in [1.54, 1.807) is 6.07 Å². The molecule has 10 nitrogen and oxygen atoms in total. The minimum Gasteiger partial charge on any atom is -0.508 e. The number of aliphatic hydroxyl groups excluding tert-OH is 1. The fraction of sp³-hybridized carbons (Fsp3) is 0.500. The number of hydrogen-bond donors (Lipinski definition) is 5. The van der Waals surface area contributed by atoms with Gasteiger partial charge in [0, 0.05) is 30.1 Å². The lowest BCUT2D eigenvalue weighted by molar-refractivity contribution is -0.173.